The van der Waals surface area contributed by atoms with E-state index in [1.54, 1.807) is 25.0 Å². The summed E-state index contributed by atoms with van der Waals surface area (Å²) in [7, 11) is 3.37. The summed E-state index contributed by atoms with van der Waals surface area (Å²) in [4.78, 5) is 10.9. The number of para-hydroxylation sites is 1. The summed E-state index contributed by atoms with van der Waals surface area (Å²) in [6.07, 6.45) is 2.00. The fraction of sp³-hybridized carbons (Fsp3) is 0.286. The Labute approximate surface area is 116 Å². The number of aryl methyl sites for hydroxylation is 1. The molecule has 1 atom stereocenters. The number of rotatable bonds is 5. The summed E-state index contributed by atoms with van der Waals surface area (Å²) in [6, 6.07) is 6.52. The van der Waals surface area contributed by atoms with Crippen molar-refractivity contribution in [2.45, 2.75) is 12.5 Å². The normalized spacial score (nSPS) is 12.2. The molecule has 0 amide bonds. The van der Waals surface area contributed by atoms with Crippen LogP contribution in [0.4, 0.5) is 0 Å². The van der Waals surface area contributed by atoms with Gasteiger partial charge in [0.1, 0.15) is 11.8 Å². The summed E-state index contributed by atoms with van der Waals surface area (Å²) < 4.78 is 6.96. The molecule has 1 aromatic carbocycles. The summed E-state index contributed by atoms with van der Waals surface area (Å²) in [6.45, 7) is 0. The van der Waals surface area contributed by atoms with Gasteiger partial charge in [-0.2, -0.15) is 5.10 Å². The number of hydrogen-bond donors (Lipinski definition) is 2. The van der Waals surface area contributed by atoms with Gasteiger partial charge in [-0.3, -0.25) is 9.48 Å². The van der Waals surface area contributed by atoms with Crippen molar-refractivity contribution in [1.29, 1.82) is 0 Å². The maximum Gasteiger partial charge on any atom is 0.320 e. The van der Waals surface area contributed by atoms with E-state index in [2.05, 4.69) is 5.10 Å². The van der Waals surface area contributed by atoms with Crippen LogP contribution in [0.25, 0.3) is 11.3 Å². The zero-order chi connectivity index (χ0) is 14.7. The number of aromatic nitrogens is 2. The van der Waals surface area contributed by atoms with Gasteiger partial charge in [0, 0.05) is 30.8 Å². The molecular weight excluding hydrogens is 258 g/mol. The van der Waals surface area contributed by atoms with Gasteiger partial charge in [0.2, 0.25) is 0 Å². The van der Waals surface area contributed by atoms with Crippen LogP contribution < -0.4 is 10.5 Å². The van der Waals surface area contributed by atoms with E-state index in [4.69, 9.17) is 15.6 Å². The first-order valence-electron chi connectivity index (χ1n) is 6.17. The van der Waals surface area contributed by atoms with Crippen LogP contribution in [0.3, 0.4) is 0 Å². The second kappa shape index (κ2) is 5.75. The zero-order valence-electron chi connectivity index (χ0n) is 11.4. The van der Waals surface area contributed by atoms with Gasteiger partial charge in [0.05, 0.1) is 12.8 Å². The quantitative estimate of drug-likeness (QED) is 0.851. The molecule has 6 heteroatoms. The molecule has 6 nitrogen and oxygen atoms in total. The Balaban J connectivity index is 2.44. The topological polar surface area (TPSA) is 90.4 Å². The van der Waals surface area contributed by atoms with Crippen LogP contribution in [0.1, 0.15) is 5.56 Å². The number of benzene rings is 1. The minimum Gasteiger partial charge on any atom is -0.496 e. The molecule has 20 heavy (non-hydrogen) atoms. The molecule has 0 aliphatic carbocycles. The average molecular weight is 275 g/mol. The molecule has 0 saturated heterocycles. The summed E-state index contributed by atoms with van der Waals surface area (Å²) >= 11 is 0. The lowest BCUT2D eigenvalue weighted by Crippen LogP contribution is -2.32. The number of ether oxygens (including phenoxy) is 1. The fourth-order valence-electron chi connectivity index (χ4n) is 2.08. The van der Waals surface area contributed by atoms with E-state index < -0.39 is 12.0 Å². The summed E-state index contributed by atoms with van der Waals surface area (Å²) in [5, 5.41) is 13.3. The monoisotopic (exact) mass is 275 g/mol. The predicted molar refractivity (Wildman–Crippen MR) is 74.5 cm³/mol. The fourth-order valence-corrected chi connectivity index (χ4v) is 2.08. The van der Waals surface area contributed by atoms with Crippen LogP contribution in [0.5, 0.6) is 5.75 Å². The van der Waals surface area contributed by atoms with Crippen molar-refractivity contribution in [3.05, 3.63) is 36.0 Å². The molecule has 0 fully saturated rings. The minimum absolute atomic E-state index is 0.219. The predicted octanol–water partition coefficient (Wildman–Crippen LogP) is 1.05. The Morgan fingerprint density at radius 2 is 2.20 bits per heavy atom. The number of carbonyl (C=O) groups is 1. The van der Waals surface area contributed by atoms with Crippen LogP contribution >= 0.6 is 0 Å². The second-order valence-corrected chi connectivity index (χ2v) is 4.53. The van der Waals surface area contributed by atoms with Gasteiger partial charge >= 0.3 is 5.97 Å². The third-order valence-electron chi connectivity index (χ3n) is 3.02. The molecule has 3 N–H and O–H groups in total. The van der Waals surface area contributed by atoms with Crippen molar-refractivity contribution in [3.8, 4) is 17.0 Å². The number of hydrogen-bond acceptors (Lipinski definition) is 4. The number of carboxylic acids is 1. The highest BCUT2D eigenvalue weighted by Gasteiger charge is 2.19. The van der Waals surface area contributed by atoms with Gasteiger partial charge in [-0.05, 0) is 12.1 Å². The van der Waals surface area contributed by atoms with Crippen molar-refractivity contribution in [2.75, 3.05) is 7.11 Å². The molecule has 0 radical (unpaired) electrons. The molecule has 0 spiro atoms. The SMILES string of the molecule is COc1ccccc1-c1nn(C)cc1CC(N)C(=O)O. The number of carboxylic acid groups (broad SMARTS) is 1. The Morgan fingerprint density at radius 3 is 2.85 bits per heavy atom. The molecule has 0 aliphatic rings. The first kappa shape index (κ1) is 14.1. The van der Waals surface area contributed by atoms with Crippen molar-refractivity contribution in [3.63, 3.8) is 0 Å². The zero-order valence-corrected chi connectivity index (χ0v) is 11.4. The smallest absolute Gasteiger partial charge is 0.320 e. The van der Waals surface area contributed by atoms with Crippen LogP contribution in [-0.4, -0.2) is 34.0 Å². The van der Waals surface area contributed by atoms with E-state index in [0.717, 1.165) is 11.1 Å². The number of nitrogens with two attached hydrogens (primary N) is 1. The number of methoxy groups -OCH3 is 1. The number of aliphatic carboxylic acids is 1. The van der Waals surface area contributed by atoms with E-state index in [-0.39, 0.29) is 6.42 Å². The summed E-state index contributed by atoms with van der Waals surface area (Å²) in [5.41, 5.74) is 7.91. The minimum atomic E-state index is -1.03. The molecule has 1 heterocycles. The molecule has 0 saturated carbocycles. The van der Waals surface area contributed by atoms with E-state index in [1.807, 2.05) is 24.3 Å². The van der Waals surface area contributed by atoms with Crippen molar-refractivity contribution in [2.24, 2.45) is 12.8 Å². The van der Waals surface area contributed by atoms with Crippen LogP contribution in [-0.2, 0) is 18.3 Å². The lowest BCUT2D eigenvalue weighted by molar-refractivity contribution is -0.138. The second-order valence-electron chi connectivity index (χ2n) is 4.53. The summed E-state index contributed by atoms with van der Waals surface area (Å²) in [5.74, 6) is -0.337. The van der Waals surface area contributed by atoms with Crippen LogP contribution in [0.2, 0.25) is 0 Å². The van der Waals surface area contributed by atoms with E-state index in [0.29, 0.717) is 11.4 Å². The highest BCUT2D eigenvalue weighted by atomic mass is 16.5. The molecule has 2 aromatic rings. The Morgan fingerprint density at radius 1 is 1.50 bits per heavy atom. The highest BCUT2D eigenvalue weighted by Crippen LogP contribution is 2.31. The van der Waals surface area contributed by atoms with E-state index in [1.165, 1.54) is 0 Å². The van der Waals surface area contributed by atoms with Crippen molar-refractivity contribution in [1.82, 2.24) is 9.78 Å². The molecule has 1 aromatic heterocycles. The van der Waals surface area contributed by atoms with Crippen molar-refractivity contribution < 1.29 is 14.6 Å². The molecule has 0 aliphatic heterocycles. The Bertz CT molecular complexity index is 622. The Kier molecular flexibility index (Phi) is 4.05. The molecule has 0 bridgehead atoms. The maximum atomic E-state index is 10.9. The molecule has 2 rings (SSSR count). The third-order valence-corrected chi connectivity index (χ3v) is 3.02. The highest BCUT2D eigenvalue weighted by molar-refractivity contribution is 5.75. The molecule has 106 valence electrons. The molecule has 1 unspecified atom stereocenters. The van der Waals surface area contributed by atoms with Crippen LogP contribution in [0.15, 0.2) is 30.5 Å². The van der Waals surface area contributed by atoms with Gasteiger partial charge in [-0.25, -0.2) is 0 Å². The number of nitrogens with zero attached hydrogens (tertiary/aromatic N) is 2. The van der Waals surface area contributed by atoms with Crippen molar-refractivity contribution >= 4 is 5.97 Å². The standard InChI is InChI=1S/C14H17N3O3/c1-17-8-9(7-11(15)14(18)19)13(16-17)10-5-3-4-6-12(10)20-2/h3-6,8,11H,7,15H2,1-2H3,(H,18,19). The lowest BCUT2D eigenvalue weighted by atomic mass is 10.0. The van der Waals surface area contributed by atoms with E-state index >= 15 is 0 Å². The average Bonchev–Trinajstić information content (AvgIpc) is 2.79. The lowest BCUT2D eigenvalue weighted by Gasteiger charge is -2.09. The van der Waals surface area contributed by atoms with E-state index in [9.17, 15) is 4.79 Å². The third kappa shape index (κ3) is 2.80. The van der Waals surface area contributed by atoms with Gasteiger partial charge in [-0.1, -0.05) is 12.1 Å². The Hall–Kier alpha value is -2.34. The van der Waals surface area contributed by atoms with Gasteiger partial charge in [0.25, 0.3) is 0 Å². The van der Waals surface area contributed by atoms with Crippen LogP contribution in [0, 0.1) is 0 Å². The van der Waals surface area contributed by atoms with Gasteiger partial charge in [-0.15, -0.1) is 0 Å². The first-order valence-corrected chi connectivity index (χ1v) is 6.17. The first-order chi connectivity index (χ1) is 9.52. The maximum absolute atomic E-state index is 10.9. The van der Waals surface area contributed by atoms with Gasteiger partial charge < -0.3 is 15.6 Å². The largest absolute Gasteiger partial charge is 0.496 e. The van der Waals surface area contributed by atoms with Gasteiger partial charge in [0.15, 0.2) is 0 Å². The molecular formula is C14H17N3O3.